The first-order valence-corrected chi connectivity index (χ1v) is 6.31. The van der Waals surface area contributed by atoms with Crippen molar-refractivity contribution in [2.45, 2.75) is 31.8 Å². The Labute approximate surface area is 110 Å². The Morgan fingerprint density at radius 1 is 1.24 bits per heavy atom. The third-order valence-corrected chi connectivity index (χ3v) is 3.06. The van der Waals surface area contributed by atoms with E-state index in [-0.39, 0.29) is 12.4 Å². The van der Waals surface area contributed by atoms with Crippen LogP contribution in [0.25, 0.3) is 0 Å². The zero-order valence-electron chi connectivity index (χ0n) is 10.2. The molecule has 1 atom stereocenters. The van der Waals surface area contributed by atoms with Crippen LogP contribution in [0.15, 0.2) is 30.3 Å². The molecule has 2 rings (SSSR count). The fraction of sp³-hybridized carbons (Fsp3) is 0.571. The van der Waals surface area contributed by atoms with Crippen LogP contribution in [0, 0.1) is 0 Å². The van der Waals surface area contributed by atoms with Gasteiger partial charge >= 0.3 is 0 Å². The molecule has 0 saturated carbocycles. The van der Waals surface area contributed by atoms with Gasteiger partial charge in [-0.05, 0) is 37.8 Å². The molecule has 0 bridgehead atoms. The van der Waals surface area contributed by atoms with Gasteiger partial charge < -0.3 is 10.1 Å². The summed E-state index contributed by atoms with van der Waals surface area (Å²) in [5.74, 6) is 0. The molecule has 1 N–H and O–H groups in total. The van der Waals surface area contributed by atoms with Gasteiger partial charge in [-0.1, -0.05) is 30.3 Å². The summed E-state index contributed by atoms with van der Waals surface area (Å²) in [6.07, 6.45) is 5.17. The van der Waals surface area contributed by atoms with Gasteiger partial charge in [-0.2, -0.15) is 0 Å². The van der Waals surface area contributed by atoms with Gasteiger partial charge in [-0.25, -0.2) is 0 Å². The third-order valence-electron chi connectivity index (χ3n) is 3.06. The van der Waals surface area contributed by atoms with E-state index in [1.54, 1.807) is 0 Å². The van der Waals surface area contributed by atoms with Crippen LogP contribution in [-0.4, -0.2) is 25.8 Å². The second-order valence-corrected chi connectivity index (χ2v) is 4.43. The molecule has 1 fully saturated rings. The van der Waals surface area contributed by atoms with Gasteiger partial charge in [0.25, 0.3) is 0 Å². The minimum atomic E-state index is 0. The zero-order valence-corrected chi connectivity index (χ0v) is 11.0. The van der Waals surface area contributed by atoms with Crippen LogP contribution in [-0.2, 0) is 11.2 Å². The quantitative estimate of drug-likeness (QED) is 0.817. The Kier molecular flexibility index (Phi) is 7.25. The van der Waals surface area contributed by atoms with E-state index in [1.165, 1.54) is 18.4 Å². The number of aryl methyl sites for hydroxylation is 1. The van der Waals surface area contributed by atoms with Gasteiger partial charge in [0, 0.05) is 13.2 Å². The van der Waals surface area contributed by atoms with E-state index in [2.05, 4.69) is 35.6 Å². The molecule has 1 aliphatic heterocycles. The van der Waals surface area contributed by atoms with Crippen LogP contribution in [0.2, 0.25) is 0 Å². The number of benzene rings is 1. The van der Waals surface area contributed by atoms with Gasteiger partial charge in [-0.3, -0.25) is 0 Å². The maximum atomic E-state index is 5.84. The van der Waals surface area contributed by atoms with E-state index in [0.717, 1.165) is 32.5 Å². The van der Waals surface area contributed by atoms with Gasteiger partial charge in [0.1, 0.15) is 0 Å². The van der Waals surface area contributed by atoms with E-state index in [0.29, 0.717) is 6.10 Å². The first kappa shape index (κ1) is 14.5. The highest BCUT2D eigenvalue weighted by Gasteiger charge is 2.12. The Morgan fingerprint density at radius 2 is 2.06 bits per heavy atom. The second-order valence-electron chi connectivity index (χ2n) is 4.43. The normalized spacial score (nSPS) is 19.6. The van der Waals surface area contributed by atoms with Crippen molar-refractivity contribution in [2.75, 3.05) is 19.7 Å². The lowest BCUT2D eigenvalue weighted by atomic mass is 10.1. The average Bonchev–Trinajstić information content (AvgIpc) is 2.37. The summed E-state index contributed by atoms with van der Waals surface area (Å²) in [4.78, 5) is 0. The second kappa shape index (κ2) is 8.51. The molecule has 96 valence electrons. The van der Waals surface area contributed by atoms with Crippen molar-refractivity contribution in [1.82, 2.24) is 5.32 Å². The summed E-state index contributed by atoms with van der Waals surface area (Å²) >= 11 is 0. The monoisotopic (exact) mass is 255 g/mol. The molecular weight excluding hydrogens is 234 g/mol. The maximum absolute atomic E-state index is 5.84. The Bertz CT molecular complexity index is 286. The Balaban J connectivity index is 0.00000144. The molecule has 1 heterocycles. The lowest BCUT2D eigenvalue weighted by Gasteiger charge is -2.23. The highest BCUT2D eigenvalue weighted by Crippen LogP contribution is 2.08. The number of hydrogen-bond donors (Lipinski definition) is 1. The minimum Gasteiger partial charge on any atom is -0.377 e. The van der Waals surface area contributed by atoms with Crippen LogP contribution in [0.3, 0.4) is 0 Å². The van der Waals surface area contributed by atoms with Gasteiger partial charge in [0.15, 0.2) is 0 Å². The molecule has 1 aromatic carbocycles. The first-order valence-electron chi connectivity index (χ1n) is 6.31. The largest absolute Gasteiger partial charge is 0.377 e. The molecule has 1 aromatic rings. The number of rotatable bonds is 5. The van der Waals surface area contributed by atoms with E-state index >= 15 is 0 Å². The summed E-state index contributed by atoms with van der Waals surface area (Å²) in [7, 11) is 0. The number of hydrogen-bond acceptors (Lipinski definition) is 2. The van der Waals surface area contributed by atoms with Crippen molar-refractivity contribution in [1.29, 1.82) is 0 Å². The molecule has 17 heavy (non-hydrogen) atoms. The summed E-state index contributed by atoms with van der Waals surface area (Å²) in [6.45, 7) is 3.08. The minimum absolute atomic E-state index is 0. The highest BCUT2D eigenvalue weighted by atomic mass is 35.5. The fourth-order valence-electron chi connectivity index (χ4n) is 2.13. The number of ether oxygens (including phenoxy) is 1. The zero-order chi connectivity index (χ0) is 11.1. The number of piperidine rings is 1. The van der Waals surface area contributed by atoms with Crippen LogP contribution in [0.4, 0.5) is 0 Å². The molecule has 1 saturated heterocycles. The maximum Gasteiger partial charge on any atom is 0.0699 e. The van der Waals surface area contributed by atoms with Crippen molar-refractivity contribution in [2.24, 2.45) is 0 Å². The standard InChI is InChI=1S/C14H21NO.ClH/c1-2-6-13(7-3-1)8-5-11-16-14-9-4-10-15-12-14;/h1-3,6-7,14-15H,4-5,8-12H2;1H. The van der Waals surface area contributed by atoms with Crippen LogP contribution in [0.1, 0.15) is 24.8 Å². The molecular formula is C14H22ClNO. The summed E-state index contributed by atoms with van der Waals surface area (Å²) in [5.41, 5.74) is 1.41. The fourth-order valence-corrected chi connectivity index (χ4v) is 2.13. The summed E-state index contributed by atoms with van der Waals surface area (Å²) < 4.78 is 5.84. The van der Waals surface area contributed by atoms with E-state index in [1.807, 2.05) is 0 Å². The smallest absolute Gasteiger partial charge is 0.0699 e. The lowest BCUT2D eigenvalue weighted by Crippen LogP contribution is -2.35. The van der Waals surface area contributed by atoms with E-state index in [4.69, 9.17) is 4.74 Å². The van der Waals surface area contributed by atoms with Crippen molar-refractivity contribution < 1.29 is 4.74 Å². The Morgan fingerprint density at radius 3 is 2.76 bits per heavy atom. The third kappa shape index (κ3) is 5.53. The molecule has 0 spiro atoms. The molecule has 2 nitrogen and oxygen atoms in total. The van der Waals surface area contributed by atoms with Crippen molar-refractivity contribution >= 4 is 12.4 Å². The van der Waals surface area contributed by atoms with Gasteiger partial charge in [0.2, 0.25) is 0 Å². The van der Waals surface area contributed by atoms with Crippen LogP contribution in [0.5, 0.6) is 0 Å². The topological polar surface area (TPSA) is 21.3 Å². The average molecular weight is 256 g/mol. The molecule has 1 unspecified atom stereocenters. The number of nitrogens with one attached hydrogen (secondary N) is 1. The summed E-state index contributed by atoms with van der Waals surface area (Å²) in [6, 6.07) is 10.6. The molecule has 0 radical (unpaired) electrons. The highest BCUT2D eigenvalue weighted by molar-refractivity contribution is 5.85. The first-order chi connectivity index (χ1) is 7.95. The van der Waals surface area contributed by atoms with E-state index in [9.17, 15) is 0 Å². The van der Waals surface area contributed by atoms with Crippen LogP contribution < -0.4 is 5.32 Å². The predicted molar refractivity (Wildman–Crippen MR) is 73.9 cm³/mol. The van der Waals surface area contributed by atoms with Crippen molar-refractivity contribution in [3.63, 3.8) is 0 Å². The molecule has 0 aliphatic carbocycles. The van der Waals surface area contributed by atoms with E-state index < -0.39 is 0 Å². The van der Waals surface area contributed by atoms with Crippen molar-refractivity contribution in [3.05, 3.63) is 35.9 Å². The lowest BCUT2D eigenvalue weighted by molar-refractivity contribution is 0.0358. The molecule has 0 amide bonds. The van der Waals surface area contributed by atoms with Crippen LogP contribution >= 0.6 is 12.4 Å². The van der Waals surface area contributed by atoms with Gasteiger partial charge in [-0.15, -0.1) is 12.4 Å². The molecule has 1 aliphatic rings. The van der Waals surface area contributed by atoms with Gasteiger partial charge in [0.05, 0.1) is 6.10 Å². The molecule has 3 heteroatoms. The number of halogens is 1. The Hall–Kier alpha value is -0.570. The summed E-state index contributed by atoms with van der Waals surface area (Å²) in [5, 5.41) is 3.37. The SMILES string of the molecule is Cl.c1ccc(CCCOC2CCCNC2)cc1. The predicted octanol–water partition coefficient (Wildman–Crippen LogP) is 2.81. The van der Waals surface area contributed by atoms with Crippen molar-refractivity contribution in [3.8, 4) is 0 Å². The molecule has 0 aromatic heterocycles.